The van der Waals surface area contributed by atoms with E-state index in [9.17, 15) is 4.79 Å². The van der Waals surface area contributed by atoms with Crippen LogP contribution in [0.3, 0.4) is 0 Å². The Morgan fingerprint density at radius 2 is 2.21 bits per heavy atom. The average molecular weight is 210 g/mol. The van der Waals surface area contributed by atoms with E-state index in [0.717, 1.165) is 17.2 Å². The second-order valence-electron chi connectivity index (χ2n) is 2.91. The number of methoxy groups -OCH3 is 1. The molecule has 0 fully saturated rings. The van der Waals surface area contributed by atoms with E-state index in [1.54, 1.807) is 25.3 Å². The molecule has 0 saturated heterocycles. The zero-order valence-electron chi connectivity index (χ0n) is 7.50. The lowest BCUT2D eigenvalue weighted by Gasteiger charge is -2.01. The number of rotatable bonds is 2. The predicted molar refractivity (Wildman–Crippen MR) is 55.2 cm³/mol. The van der Waals surface area contributed by atoms with Crippen LogP contribution in [-0.2, 0) is 0 Å². The van der Waals surface area contributed by atoms with Crippen LogP contribution < -0.4 is 4.74 Å². The highest BCUT2D eigenvalue weighted by molar-refractivity contribution is 6.31. The lowest BCUT2D eigenvalue weighted by Crippen LogP contribution is -1.82. The largest absolute Gasteiger partial charge is 0.496 e. The van der Waals surface area contributed by atoms with Gasteiger partial charge in [0.2, 0.25) is 0 Å². The van der Waals surface area contributed by atoms with Crippen molar-refractivity contribution in [2.24, 2.45) is 0 Å². The van der Waals surface area contributed by atoms with Crippen LogP contribution in [0, 0.1) is 0 Å². The molecule has 1 N–H and O–H groups in total. The Kier molecular flexibility index (Phi) is 2.17. The third kappa shape index (κ3) is 1.36. The topological polar surface area (TPSA) is 42.1 Å². The number of benzene rings is 1. The Morgan fingerprint density at radius 1 is 1.43 bits per heavy atom. The molecule has 0 unspecified atom stereocenters. The van der Waals surface area contributed by atoms with Gasteiger partial charge < -0.3 is 9.72 Å². The third-order valence-electron chi connectivity index (χ3n) is 2.03. The van der Waals surface area contributed by atoms with Crippen LogP contribution in [0.15, 0.2) is 18.2 Å². The highest BCUT2D eigenvalue weighted by atomic mass is 35.5. The first kappa shape index (κ1) is 9.09. The number of aromatic nitrogens is 1. The zero-order chi connectivity index (χ0) is 10.1. The molecule has 2 aromatic rings. The maximum Gasteiger partial charge on any atom is 0.166 e. The Hall–Kier alpha value is -1.48. The van der Waals surface area contributed by atoms with Gasteiger partial charge in [-0.15, -0.1) is 0 Å². The number of nitrogens with one attached hydrogen (secondary N) is 1. The number of aldehydes is 1. The molecule has 14 heavy (non-hydrogen) atoms. The van der Waals surface area contributed by atoms with E-state index in [0.29, 0.717) is 16.5 Å². The molecule has 0 atom stereocenters. The molecule has 0 radical (unpaired) electrons. The average Bonchev–Trinajstić information content (AvgIpc) is 2.59. The minimum atomic E-state index is 0.514. The molecule has 1 aromatic heterocycles. The summed E-state index contributed by atoms with van der Waals surface area (Å²) < 4.78 is 5.15. The molecule has 4 heteroatoms. The molecule has 0 spiro atoms. The van der Waals surface area contributed by atoms with Gasteiger partial charge in [0, 0.05) is 10.4 Å². The number of carbonyl (C=O) groups is 1. The lowest BCUT2D eigenvalue weighted by molar-refractivity contribution is 0.112. The number of halogens is 1. The fraction of sp³-hybridized carbons (Fsp3) is 0.100. The fourth-order valence-corrected chi connectivity index (χ4v) is 1.63. The Labute approximate surface area is 85.6 Å². The van der Waals surface area contributed by atoms with Gasteiger partial charge in [-0.05, 0) is 18.2 Å². The van der Waals surface area contributed by atoms with E-state index >= 15 is 0 Å². The van der Waals surface area contributed by atoms with Crippen LogP contribution >= 0.6 is 11.6 Å². The van der Waals surface area contributed by atoms with Crippen molar-refractivity contribution in [1.82, 2.24) is 4.98 Å². The number of ether oxygens (including phenoxy) is 1. The van der Waals surface area contributed by atoms with Gasteiger partial charge in [0.25, 0.3) is 0 Å². The molecular weight excluding hydrogens is 202 g/mol. The molecule has 0 saturated carbocycles. The van der Waals surface area contributed by atoms with E-state index in [2.05, 4.69) is 4.98 Å². The van der Waals surface area contributed by atoms with Crippen molar-refractivity contribution in [3.63, 3.8) is 0 Å². The highest BCUT2D eigenvalue weighted by Gasteiger charge is 2.06. The molecule has 0 aliphatic rings. The smallest absolute Gasteiger partial charge is 0.166 e. The highest BCUT2D eigenvalue weighted by Crippen LogP contribution is 2.29. The number of aromatic amines is 1. The monoisotopic (exact) mass is 209 g/mol. The van der Waals surface area contributed by atoms with Gasteiger partial charge in [-0.25, -0.2) is 0 Å². The summed E-state index contributed by atoms with van der Waals surface area (Å²) >= 11 is 5.87. The van der Waals surface area contributed by atoms with Gasteiger partial charge in [-0.2, -0.15) is 0 Å². The van der Waals surface area contributed by atoms with Crippen molar-refractivity contribution in [3.05, 3.63) is 28.9 Å². The Morgan fingerprint density at radius 3 is 2.86 bits per heavy atom. The molecular formula is C10H8ClNO2. The summed E-state index contributed by atoms with van der Waals surface area (Å²) in [7, 11) is 1.57. The SMILES string of the molecule is COc1cc(Cl)cc2[nH]c(C=O)cc12. The van der Waals surface area contributed by atoms with Crippen molar-refractivity contribution in [1.29, 1.82) is 0 Å². The number of carbonyl (C=O) groups excluding carboxylic acids is 1. The normalized spacial score (nSPS) is 10.4. The first-order valence-electron chi connectivity index (χ1n) is 4.06. The van der Waals surface area contributed by atoms with Gasteiger partial charge in [-0.3, -0.25) is 4.79 Å². The minimum Gasteiger partial charge on any atom is -0.496 e. The molecule has 0 bridgehead atoms. The summed E-state index contributed by atoms with van der Waals surface area (Å²) in [6.07, 6.45) is 0.757. The van der Waals surface area contributed by atoms with Crippen molar-refractivity contribution < 1.29 is 9.53 Å². The summed E-state index contributed by atoms with van der Waals surface area (Å²) in [5.74, 6) is 0.664. The molecule has 2 rings (SSSR count). The van der Waals surface area contributed by atoms with E-state index in [1.165, 1.54) is 0 Å². The summed E-state index contributed by atoms with van der Waals surface area (Å²) in [6.45, 7) is 0. The summed E-state index contributed by atoms with van der Waals surface area (Å²) in [5.41, 5.74) is 1.32. The molecule has 72 valence electrons. The predicted octanol–water partition coefficient (Wildman–Crippen LogP) is 2.64. The molecule has 1 heterocycles. The van der Waals surface area contributed by atoms with Gasteiger partial charge in [0.05, 0.1) is 18.3 Å². The van der Waals surface area contributed by atoms with E-state index in [4.69, 9.17) is 16.3 Å². The first-order valence-corrected chi connectivity index (χ1v) is 4.44. The van der Waals surface area contributed by atoms with Crippen LogP contribution in [0.5, 0.6) is 5.75 Å². The zero-order valence-corrected chi connectivity index (χ0v) is 8.26. The molecule has 0 amide bonds. The lowest BCUT2D eigenvalue weighted by atomic mass is 10.2. The van der Waals surface area contributed by atoms with Crippen molar-refractivity contribution in [2.45, 2.75) is 0 Å². The Bertz CT molecular complexity index is 490. The second-order valence-corrected chi connectivity index (χ2v) is 3.35. The van der Waals surface area contributed by atoms with Crippen molar-refractivity contribution >= 4 is 28.8 Å². The van der Waals surface area contributed by atoms with E-state index < -0.39 is 0 Å². The summed E-state index contributed by atoms with van der Waals surface area (Å²) in [5, 5.41) is 1.44. The van der Waals surface area contributed by atoms with Gasteiger partial charge in [0.15, 0.2) is 6.29 Å². The van der Waals surface area contributed by atoms with Crippen LogP contribution in [0.4, 0.5) is 0 Å². The summed E-state index contributed by atoms with van der Waals surface area (Å²) in [6, 6.07) is 5.20. The van der Waals surface area contributed by atoms with Gasteiger partial charge in [-0.1, -0.05) is 11.6 Å². The van der Waals surface area contributed by atoms with Crippen molar-refractivity contribution in [2.75, 3.05) is 7.11 Å². The summed E-state index contributed by atoms with van der Waals surface area (Å²) in [4.78, 5) is 13.5. The van der Waals surface area contributed by atoms with Crippen molar-refractivity contribution in [3.8, 4) is 5.75 Å². The second kappa shape index (κ2) is 3.35. The molecule has 3 nitrogen and oxygen atoms in total. The van der Waals surface area contributed by atoms with Crippen LogP contribution in [0.2, 0.25) is 5.02 Å². The molecule has 0 aliphatic carbocycles. The maximum atomic E-state index is 10.6. The minimum absolute atomic E-state index is 0.514. The quantitative estimate of drug-likeness (QED) is 0.773. The first-order chi connectivity index (χ1) is 6.74. The van der Waals surface area contributed by atoms with Crippen LogP contribution in [0.1, 0.15) is 10.5 Å². The number of hydrogen-bond donors (Lipinski definition) is 1. The maximum absolute atomic E-state index is 10.6. The number of fused-ring (bicyclic) bond motifs is 1. The Balaban J connectivity index is 2.77. The van der Waals surface area contributed by atoms with Gasteiger partial charge >= 0.3 is 0 Å². The van der Waals surface area contributed by atoms with Crippen LogP contribution in [0.25, 0.3) is 10.9 Å². The standard InChI is InChI=1S/C10H8ClNO2/c1-14-10-3-6(11)2-9-8(10)4-7(5-13)12-9/h2-5,12H,1H3. The number of H-pyrrole nitrogens is 1. The van der Waals surface area contributed by atoms with Crippen LogP contribution in [-0.4, -0.2) is 18.4 Å². The molecule has 1 aromatic carbocycles. The van der Waals surface area contributed by atoms with Gasteiger partial charge in [0.1, 0.15) is 5.75 Å². The molecule has 0 aliphatic heterocycles. The third-order valence-corrected chi connectivity index (χ3v) is 2.25. The number of hydrogen-bond acceptors (Lipinski definition) is 2. The fourth-order valence-electron chi connectivity index (χ4n) is 1.42. The van der Waals surface area contributed by atoms with E-state index in [-0.39, 0.29) is 0 Å². The van der Waals surface area contributed by atoms with E-state index in [1.807, 2.05) is 0 Å².